The maximum absolute atomic E-state index is 10.6. The van der Waals surface area contributed by atoms with E-state index in [1.54, 1.807) is 23.6 Å². The molecule has 0 saturated heterocycles. The summed E-state index contributed by atoms with van der Waals surface area (Å²) in [6.45, 7) is 0. The number of aromatic carboxylic acids is 1. The number of hydrogen-bond acceptors (Lipinski definition) is 3. The topological polar surface area (TPSA) is 50.2 Å². The number of pyridine rings is 1. The standard InChI is InChI=1S/C10H6BrNO2S/c11-7-3-4-15-9(7)6-1-2-8(10(13)14)12-5-6/h1-5H,(H,13,14). The molecule has 2 rings (SSSR count). The van der Waals surface area contributed by atoms with Gasteiger partial charge in [0.15, 0.2) is 0 Å². The minimum atomic E-state index is -1.01. The Hall–Kier alpha value is -1.20. The number of carboxylic acids is 1. The van der Waals surface area contributed by atoms with Crippen LogP contribution in [0.15, 0.2) is 34.2 Å². The minimum Gasteiger partial charge on any atom is -0.477 e. The largest absolute Gasteiger partial charge is 0.477 e. The first-order valence-corrected chi connectivity index (χ1v) is 5.78. The lowest BCUT2D eigenvalue weighted by Crippen LogP contribution is -1.98. The molecule has 3 nitrogen and oxygen atoms in total. The third kappa shape index (κ3) is 2.08. The molecule has 0 amide bonds. The van der Waals surface area contributed by atoms with E-state index >= 15 is 0 Å². The van der Waals surface area contributed by atoms with Crippen LogP contribution in [0.25, 0.3) is 10.4 Å². The smallest absolute Gasteiger partial charge is 0.354 e. The Labute approximate surface area is 98.5 Å². The number of aromatic nitrogens is 1. The van der Waals surface area contributed by atoms with Crippen LogP contribution in [0.4, 0.5) is 0 Å². The molecule has 2 heterocycles. The Balaban J connectivity index is 2.40. The van der Waals surface area contributed by atoms with Crippen LogP contribution in [0.1, 0.15) is 10.5 Å². The summed E-state index contributed by atoms with van der Waals surface area (Å²) in [7, 11) is 0. The van der Waals surface area contributed by atoms with Gasteiger partial charge in [0.1, 0.15) is 5.69 Å². The van der Waals surface area contributed by atoms with E-state index in [1.807, 2.05) is 11.4 Å². The third-order valence-electron chi connectivity index (χ3n) is 1.86. The molecule has 0 aliphatic carbocycles. The second-order valence-corrected chi connectivity index (χ2v) is 4.61. The van der Waals surface area contributed by atoms with Crippen molar-refractivity contribution in [2.45, 2.75) is 0 Å². The van der Waals surface area contributed by atoms with Crippen LogP contribution in [0, 0.1) is 0 Å². The molecule has 0 unspecified atom stereocenters. The van der Waals surface area contributed by atoms with Gasteiger partial charge in [-0.3, -0.25) is 0 Å². The molecule has 5 heteroatoms. The van der Waals surface area contributed by atoms with Gasteiger partial charge in [-0.2, -0.15) is 0 Å². The Bertz CT molecular complexity index is 492. The van der Waals surface area contributed by atoms with Crippen LogP contribution in [-0.2, 0) is 0 Å². The molecule has 0 saturated carbocycles. The normalized spacial score (nSPS) is 10.2. The highest BCUT2D eigenvalue weighted by Crippen LogP contribution is 2.32. The van der Waals surface area contributed by atoms with Crippen LogP contribution in [0.3, 0.4) is 0 Å². The lowest BCUT2D eigenvalue weighted by molar-refractivity contribution is 0.0690. The van der Waals surface area contributed by atoms with Crippen LogP contribution in [0.5, 0.6) is 0 Å². The fourth-order valence-corrected chi connectivity index (χ4v) is 2.75. The first-order chi connectivity index (χ1) is 7.18. The molecule has 0 spiro atoms. The van der Waals surface area contributed by atoms with Crippen molar-refractivity contribution in [2.24, 2.45) is 0 Å². The Morgan fingerprint density at radius 2 is 2.20 bits per heavy atom. The van der Waals surface area contributed by atoms with Crippen molar-refractivity contribution in [1.82, 2.24) is 4.98 Å². The molecule has 76 valence electrons. The zero-order valence-electron chi connectivity index (χ0n) is 7.48. The maximum Gasteiger partial charge on any atom is 0.354 e. The first-order valence-electron chi connectivity index (χ1n) is 4.11. The second-order valence-electron chi connectivity index (χ2n) is 2.83. The summed E-state index contributed by atoms with van der Waals surface area (Å²) in [5.41, 5.74) is 0.980. The average molecular weight is 284 g/mol. The Morgan fingerprint density at radius 1 is 1.40 bits per heavy atom. The van der Waals surface area contributed by atoms with Crippen molar-refractivity contribution in [2.75, 3.05) is 0 Å². The summed E-state index contributed by atoms with van der Waals surface area (Å²) in [5.74, 6) is -1.01. The van der Waals surface area contributed by atoms with Crippen LogP contribution >= 0.6 is 27.3 Å². The van der Waals surface area contributed by atoms with E-state index in [0.29, 0.717) is 0 Å². The molecule has 0 fully saturated rings. The fraction of sp³-hybridized carbons (Fsp3) is 0. The Morgan fingerprint density at radius 3 is 2.67 bits per heavy atom. The highest BCUT2D eigenvalue weighted by Gasteiger charge is 2.07. The van der Waals surface area contributed by atoms with Crippen LogP contribution in [0.2, 0.25) is 0 Å². The summed E-state index contributed by atoms with van der Waals surface area (Å²) >= 11 is 5.00. The number of halogens is 1. The van der Waals surface area contributed by atoms with Crippen molar-refractivity contribution >= 4 is 33.2 Å². The molecule has 0 aromatic carbocycles. The van der Waals surface area contributed by atoms with Crippen molar-refractivity contribution < 1.29 is 9.90 Å². The third-order valence-corrected chi connectivity index (χ3v) is 3.75. The monoisotopic (exact) mass is 283 g/mol. The van der Waals surface area contributed by atoms with E-state index < -0.39 is 5.97 Å². The van der Waals surface area contributed by atoms with Gasteiger partial charge in [-0.1, -0.05) is 0 Å². The number of rotatable bonds is 2. The van der Waals surface area contributed by atoms with Crippen LogP contribution in [-0.4, -0.2) is 16.1 Å². The number of hydrogen-bond donors (Lipinski definition) is 1. The summed E-state index contributed by atoms with van der Waals surface area (Å²) in [6, 6.07) is 5.21. The predicted molar refractivity (Wildman–Crippen MR) is 62.2 cm³/mol. The molecule has 1 N–H and O–H groups in total. The van der Waals surface area contributed by atoms with Crippen molar-refractivity contribution in [3.63, 3.8) is 0 Å². The average Bonchev–Trinajstić information content (AvgIpc) is 2.65. The van der Waals surface area contributed by atoms with Crippen LogP contribution < -0.4 is 0 Å². The van der Waals surface area contributed by atoms with E-state index in [0.717, 1.165) is 14.9 Å². The summed E-state index contributed by atoms with van der Waals surface area (Å²) in [5, 5.41) is 10.7. The minimum absolute atomic E-state index is 0.0615. The fourth-order valence-electron chi connectivity index (χ4n) is 1.15. The molecule has 0 radical (unpaired) electrons. The lowest BCUT2D eigenvalue weighted by atomic mass is 10.2. The summed E-state index contributed by atoms with van der Waals surface area (Å²) < 4.78 is 0.998. The number of carbonyl (C=O) groups is 1. The predicted octanol–water partition coefficient (Wildman–Crippen LogP) is 3.27. The van der Waals surface area contributed by atoms with Gasteiger partial charge >= 0.3 is 5.97 Å². The number of thiophene rings is 1. The van der Waals surface area contributed by atoms with Gasteiger partial charge in [0.05, 0.1) is 0 Å². The molecule has 0 aliphatic rings. The zero-order chi connectivity index (χ0) is 10.8. The summed E-state index contributed by atoms with van der Waals surface area (Å²) in [4.78, 5) is 15.5. The van der Waals surface area contributed by atoms with Crippen molar-refractivity contribution in [3.05, 3.63) is 39.9 Å². The first kappa shape index (κ1) is 10.3. The van der Waals surface area contributed by atoms with Gasteiger partial charge in [0.2, 0.25) is 0 Å². The molecule has 0 atom stereocenters. The van der Waals surface area contributed by atoms with Gasteiger partial charge in [0.25, 0.3) is 0 Å². The van der Waals surface area contributed by atoms with E-state index in [4.69, 9.17) is 5.11 Å². The van der Waals surface area contributed by atoms with E-state index in [2.05, 4.69) is 20.9 Å². The molecular formula is C10H6BrNO2S. The van der Waals surface area contributed by atoms with Gasteiger partial charge in [-0.05, 0) is 39.5 Å². The molecule has 2 aromatic heterocycles. The van der Waals surface area contributed by atoms with E-state index in [-0.39, 0.29) is 5.69 Å². The van der Waals surface area contributed by atoms with Crippen molar-refractivity contribution in [3.8, 4) is 10.4 Å². The Kier molecular flexibility index (Phi) is 2.83. The van der Waals surface area contributed by atoms with E-state index in [1.165, 1.54) is 6.07 Å². The molecule has 0 aliphatic heterocycles. The van der Waals surface area contributed by atoms with Gasteiger partial charge in [-0.25, -0.2) is 9.78 Å². The maximum atomic E-state index is 10.6. The highest BCUT2D eigenvalue weighted by molar-refractivity contribution is 9.10. The van der Waals surface area contributed by atoms with Gasteiger partial charge < -0.3 is 5.11 Å². The van der Waals surface area contributed by atoms with Crippen molar-refractivity contribution in [1.29, 1.82) is 0 Å². The summed E-state index contributed by atoms with van der Waals surface area (Å²) in [6.07, 6.45) is 1.57. The molecular weight excluding hydrogens is 278 g/mol. The zero-order valence-corrected chi connectivity index (χ0v) is 9.88. The lowest BCUT2D eigenvalue weighted by Gasteiger charge is -1.98. The molecule has 15 heavy (non-hydrogen) atoms. The molecule has 2 aromatic rings. The molecule has 0 bridgehead atoms. The quantitative estimate of drug-likeness (QED) is 0.920. The number of carboxylic acid groups (broad SMARTS) is 1. The second kappa shape index (κ2) is 4.12. The van der Waals surface area contributed by atoms with Gasteiger partial charge in [-0.15, -0.1) is 11.3 Å². The van der Waals surface area contributed by atoms with Gasteiger partial charge in [0, 0.05) is 21.1 Å². The highest BCUT2D eigenvalue weighted by atomic mass is 79.9. The van der Waals surface area contributed by atoms with E-state index in [9.17, 15) is 4.79 Å². The number of nitrogens with zero attached hydrogens (tertiary/aromatic N) is 1. The SMILES string of the molecule is O=C(O)c1ccc(-c2sccc2Br)cn1.